The molecule has 2 rings (SSSR count). The van der Waals surface area contributed by atoms with E-state index >= 15 is 0 Å². The van der Waals surface area contributed by atoms with Crippen molar-refractivity contribution in [3.05, 3.63) is 35.9 Å². The maximum Gasteiger partial charge on any atom is 0.288 e. The molecule has 0 saturated carbocycles. The normalized spacial score (nSPS) is 18.8. The largest absolute Gasteiger partial charge is 0.463 e. The van der Waals surface area contributed by atoms with Crippen molar-refractivity contribution in [2.45, 2.75) is 13.0 Å². The SMILES string of the molecule is CC(N=C1OCCN1CC#N)c1ccccc1. The Labute approximate surface area is 101 Å². The van der Waals surface area contributed by atoms with E-state index in [0.717, 1.165) is 12.1 Å². The molecule has 1 atom stereocenters. The molecule has 17 heavy (non-hydrogen) atoms. The van der Waals surface area contributed by atoms with E-state index in [1.807, 2.05) is 42.2 Å². The topological polar surface area (TPSA) is 48.6 Å². The second-order valence-corrected chi connectivity index (χ2v) is 3.93. The summed E-state index contributed by atoms with van der Waals surface area (Å²) in [6.45, 7) is 3.71. The average Bonchev–Trinajstić information content (AvgIpc) is 2.78. The fourth-order valence-corrected chi connectivity index (χ4v) is 1.76. The molecule has 0 amide bonds. The standard InChI is InChI=1S/C13H15N3O/c1-11(12-5-3-2-4-6-12)15-13-16(8-7-14)9-10-17-13/h2-6,11H,8-10H2,1H3. The highest BCUT2D eigenvalue weighted by atomic mass is 16.5. The summed E-state index contributed by atoms with van der Waals surface area (Å²) >= 11 is 0. The fourth-order valence-electron chi connectivity index (χ4n) is 1.76. The molecular weight excluding hydrogens is 214 g/mol. The summed E-state index contributed by atoms with van der Waals surface area (Å²) in [7, 11) is 0. The van der Waals surface area contributed by atoms with Crippen molar-refractivity contribution in [2.75, 3.05) is 19.7 Å². The van der Waals surface area contributed by atoms with Gasteiger partial charge < -0.3 is 9.64 Å². The van der Waals surface area contributed by atoms with Crippen LogP contribution in [0.25, 0.3) is 0 Å². The Morgan fingerprint density at radius 1 is 1.47 bits per heavy atom. The van der Waals surface area contributed by atoms with Gasteiger partial charge in [-0.1, -0.05) is 30.3 Å². The van der Waals surface area contributed by atoms with Gasteiger partial charge in [-0.15, -0.1) is 0 Å². The lowest BCUT2D eigenvalue weighted by molar-refractivity contribution is 0.348. The summed E-state index contributed by atoms with van der Waals surface area (Å²) in [5.74, 6) is 0. The van der Waals surface area contributed by atoms with Crippen molar-refractivity contribution < 1.29 is 4.74 Å². The van der Waals surface area contributed by atoms with E-state index in [1.165, 1.54) is 0 Å². The molecule has 1 aliphatic heterocycles. The van der Waals surface area contributed by atoms with Crippen LogP contribution in [0.4, 0.5) is 0 Å². The molecule has 1 fully saturated rings. The van der Waals surface area contributed by atoms with Crippen LogP contribution in [0.5, 0.6) is 0 Å². The molecule has 0 aliphatic carbocycles. The first-order chi connectivity index (χ1) is 8.31. The van der Waals surface area contributed by atoms with E-state index in [-0.39, 0.29) is 6.04 Å². The minimum absolute atomic E-state index is 0.0468. The molecule has 0 N–H and O–H groups in total. The van der Waals surface area contributed by atoms with Crippen LogP contribution in [0, 0.1) is 11.3 Å². The lowest BCUT2D eigenvalue weighted by atomic mass is 10.1. The van der Waals surface area contributed by atoms with E-state index in [9.17, 15) is 0 Å². The van der Waals surface area contributed by atoms with Gasteiger partial charge in [0.2, 0.25) is 0 Å². The van der Waals surface area contributed by atoms with E-state index in [2.05, 4.69) is 11.1 Å². The van der Waals surface area contributed by atoms with Crippen LogP contribution >= 0.6 is 0 Å². The van der Waals surface area contributed by atoms with Crippen LogP contribution in [-0.4, -0.2) is 30.6 Å². The highest BCUT2D eigenvalue weighted by molar-refractivity contribution is 5.76. The smallest absolute Gasteiger partial charge is 0.288 e. The number of nitriles is 1. The van der Waals surface area contributed by atoms with Crippen LogP contribution in [0.3, 0.4) is 0 Å². The van der Waals surface area contributed by atoms with Crippen LogP contribution in [0.15, 0.2) is 35.3 Å². The van der Waals surface area contributed by atoms with E-state index in [4.69, 9.17) is 10.00 Å². The van der Waals surface area contributed by atoms with Crippen molar-refractivity contribution in [1.29, 1.82) is 5.26 Å². The van der Waals surface area contributed by atoms with Gasteiger partial charge in [-0.05, 0) is 12.5 Å². The van der Waals surface area contributed by atoms with Crippen LogP contribution < -0.4 is 0 Å². The summed E-state index contributed by atoms with van der Waals surface area (Å²) in [6, 6.07) is 12.8. The van der Waals surface area contributed by atoms with E-state index in [0.29, 0.717) is 19.2 Å². The highest BCUT2D eigenvalue weighted by Crippen LogP contribution is 2.18. The number of rotatable bonds is 3. The second kappa shape index (κ2) is 5.35. The first-order valence-corrected chi connectivity index (χ1v) is 5.68. The minimum atomic E-state index is 0.0468. The predicted octanol–water partition coefficient (Wildman–Crippen LogP) is 1.96. The second-order valence-electron chi connectivity index (χ2n) is 3.93. The number of benzene rings is 1. The number of hydrogen-bond donors (Lipinski definition) is 0. The summed E-state index contributed by atoms with van der Waals surface area (Å²) in [6.07, 6.45) is 0. The van der Waals surface area contributed by atoms with Gasteiger partial charge in [-0.2, -0.15) is 5.26 Å². The Hall–Kier alpha value is -2.02. The maximum absolute atomic E-state index is 8.69. The minimum Gasteiger partial charge on any atom is -0.463 e. The molecule has 4 heteroatoms. The molecule has 1 saturated heterocycles. The van der Waals surface area contributed by atoms with Crippen LogP contribution in [0.1, 0.15) is 18.5 Å². The zero-order valence-electron chi connectivity index (χ0n) is 9.84. The molecule has 88 valence electrons. The number of ether oxygens (including phenoxy) is 1. The molecule has 0 radical (unpaired) electrons. The summed E-state index contributed by atoms with van der Waals surface area (Å²) in [5, 5.41) is 8.69. The van der Waals surface area contributed by atoms with Gasteiger partial charge in [0.1, 0.15) is 13.2 Å². The van der Waals surface area contributed by atoms with Crippen molar-refractivity contribution in [3.63, 3.8) is 0 Å². The lowest BCUT2D eigenvalue weighted by Gasteiger charge is -2.13. The van der Waals surface area contributed by atoms with E-state index < -0.39 is 0 Å². The number of amidine groups is 1. The Morgan fingerprint density at radius 2 is 2.24 bits per heavy atom. The Bertz CT molecular complexity index is 436. The average molecular weight is 229 g/mol. The Balaban J connectivity index is 2.11. The number of nitrogens with zero attached hydrogens (tertiary/aromatic N) is 3. The first-order valence-electron chi connectivity index (χ1n) is 5.68. The molecule has 1 unspecified atom stereocenters. The monoisotopic (exact) mass is 229 g/mol. The molecular formula is C13H15N3O. The third-order valence-corrected chi connectivity index (χ3v) is 2.71. The van der Waals surface area contributed by atoms with Gasteiger partial charge in [-0.3, -0.25) is 0 Å². The third kappa shape index (κ3) is 2.76. The fraction of sp³-hybridized carbons (Fsp3) is 0.385. The maximum atomic E-state index is 8.69. The predicted molar refractivity (Wildman–Crippen MR) is 65.4 cm³/mol. The summed E-state index contributed by atoms with van der Waals surface area (Å²) < 4.78 is 5.44. The summed E-state index contributed by atoms with van der Waals surface area (Å²) in [5.41, 5.74) is 1.15. The van der Waals surface area contributed by atoms with Gasteiger partial charge in [0.05, 0.1) is 18.7 Å². The van der Waals surface area contributed by atoms with Crippen LogP contribution in [0.2, 0.25) is 0 Å². The van der Waals surface area contributed by atoms with Gasteiger partial charge in [0, 0.05) is 0 Å². The molecule has 0 bridgehead atoms. The first kappa shape index (κ1) is 11.5. The molecule has 1 aromatic carbocycles. The van der Waals surface area contributed by atoms with Gasteiger partial charge >= 0.3 is 0 Å². The Kier molecular flexibility index (Phi) is 3.61. The zero-order valence-corrected chi connectivity index (χ0v) is 9.84. The van der Waals surface area contributed by atoms with Crippen LogP contribution in [-0.2, 0) is 4.74 Å². The number of hydrogen-bond acceptors (Lipinski definition) is 3. The van der Waals surface area contributed by atoms with Gasteiger partial charge in [-0.25, -0.2) is 4.99 Å². The molecule has 4 nitrogen and oxygen atoms in total. The van der Waals surface area contributed by atoms with Crippen molar-refractivity contribution in [1.82, 2.24) is 4.90 Å². The highest BCUT2D eigenvalue weighted by Gasteiger charge is 2.20. The zero-order chi connectivity index (χ0) is 12.1. The van der Waals surface area contributed by atoms with Gasteiger partial charge in [0.25, 0.3) is 6.02 Å². The van der Waals surface area contributed by atoms with Crippen molar-refractivity contribution in [3.8, 4) is 6.07 Å². The van der Waals surface area contributed by atoms with Gasteiger partial charge in [0.15, 0.2) is 0 Å². The number of aliphatic imine (C=N–C) groups is 1. The lowest BCUT2D eigenvalue weighted by Crippen LogP contribution is -2.26. The molecule has 1 aliphatic rings. The van der Waals surface area contributed by atoms with Crippen molar-refractivity contribution >= 4 is 6.02 Å². The molecule has 0 spiro atoms. The Morgan fingerprint density at radius 3 is 2.94 bits per heavy atom. The third-order valence-electron chi connectivity index (χ3n) is 2.71. The van der Waals surface area contributed by atoms with Crippen molar-refractivity contribution in [2.24, 2.45) is 4.99 Å². The molecule has 1 aromatic rings. The summed E-state index contributed by atoms with van der Waals surface area (Å²) in [4.78, 5) is 6.38. The molecule has 0 aromatic heterocycles. The van der Waals surface area contributed by atoms with E-state index in [1.54, 1.807) is 0 Å². The quantitative estimate of drug-likeness (QED) is 0.744. The molecule has 1 heterocycles.